The fourth-order valence-corrected chi connectivity index (χ4v) is 4.71. The van der Waals surface area contributed by atoms with Gasteiger partial charge in [-0.25, -0.2) is 4.98 Å². The molecule has 4 aromatic rings. The third-order valence-electron chi connectivity index (χ3n) is 6.99. The van der Waals surface area contributed by atoms with E-state index in [-0.39, 0.29) is 11.8 Å². The summed E-state index contributed by atoms with van der Waals surface area (Å²) in [6.45, 7) is 6.38. The fraction of sp³-hybridized carbons (Fsp3) is 0.219. The number of ether oxygens (including phenoxy) is 1. The van der Waals surface area contributed by atoms with Gasteiger partial charge < -0.3 is 15.0 Å². The molecule has 1 fully saturated rings. The van der Waals surface area contributed by atoms with Gasteiger partial charge in [-0.2, -0.15) is 5.26 Å². The molecule has 206 valence electrons. The lowest BCUT2D eigenvalue weighted by atomic mass is 10.0. The summed E-state index contributed by atoms with van der Waals surface area (Å²) >= 11 is 0. The van der Waals surface area contributed by atoms with Crippen molar-refractivity contribution in [3.63, 3.8) is 0 Å². The number of benzene rings is 2. The molecule has 9 nitrogen and oxygen atoms in total. The molecule has 1 N–H and O–H groups in total. The summed E-state index contributed by atoms with van der Waals surface area (Å²) in [6, 6.07) is 22.0. The van der Waals surface area contributed by atoms with E-state index in [1.54, 1.807) is 49.6 Å². The van der Waals surface area contributed by atoms with E-state index in [0.717, 1.165) is 28.2 Å². The van der Waals surface area contributed by atoms with Crippen LogP contribution in [0.25, 0.3) is 11.1 Å². The van der Waals surface area contributed by atoms with Gasteiger partial charge in [-0.1, -0.05) is 18.2 Å². The van der Waals surface area contributed by atoms with Crippen molar-refractivity contribution >= 4 is 29.0 Å². The van der Waals surface area contributed by atoms with Crippen molar-refractivity contribution in [3.8, 4) is 17.2 Å². The van der Waals surface area contributed by atoms with Gasteiger partial charge in [-0.05, 0) is 67.9 Å². The van der Waals surface area contributed by atoms with Crippen LogP contribution in [-0.2, 0) is 4.74 Å². The van der Waals surface area contributed by atoms with Gasteiger partial charge >= 0.3 is 0 Å². The van der Waals surface area contributed by atoms with Crippen LogP contribution in [0, 0.1) is 25.2 Å². The Morgan fingerprint density at radius 3 is 2.46 bits per heavy atom. The topological polar surface area (TPSA) is 111 Å². The molecule has 9 heteroatoms. The number of nitrogens with one attached hydrogen (secondary N) is 1. The molecule has 0 aliphatic carbocycles. The molecule has 1 aliphatic rings. The van der Waals surface area contributed by atoms with Gasteiger partial charge in [0.05, 0.1) is 36.7 Å². The Balaban J connectivity index is 1.34. The molecule has 5 rings (SSSR count). The minimum Gasteiger partial charge on any atom is -0.378 e. The minimum atomic E-state index is -0.332. The SMILES string of the molecule is Cc1cccc(N(C)C(=O)c2ccc(-c3cc(NC(=O)c4cc(C#N)cc(N5CCOCC5)c4)cnc3C)cc2)n1. The van der Waals surface area contributed by atoms with Gasteiger partial charge in [0.1, 0.15) is 5.82 Å². The molecule has 3 heterocycles. The number of nitrogens with zero attached hydrogens (tertiary/aromatic N) is 5. The molecule has 2 aromatic carbocycles. The summed E-state index contributed by atoms with van der Waals surface area (Å²) < 4.78 is 5.43. The van der Waals surface area contributed by atoms with Crippen molar-refractivity contribution in [2.45, 2.75) is 13.8 Å². The van der Waals surface area contributed by atoms with Crippen molar-refractivity contribution in [3.05, 3.63) is 101 Å². The number of amides is 2. The molecular formula is C32H30N6O3. The highest BCUT2D eigenvalue weighted by atomic mass is 16.5. The second-order valence-electron chi connectivity index (χ2n) is 9.87. The number of hydrogen-bond acceptors (Lipinski definition) is 7. The lowest BCUT2D eigenvalue weighted by Gasteiger charge is -2.29. The summed E-state index contributed by atoms with van der Waals surface area (Å²) in [6.07, 6.45) is 1.61. The summed E-state index contributed by atoms with van der Waals surface area (Å²) in [4.78, 5) is 38.8. The molecule has 0 spiro atoms. The molecule has 0 saturated carbocycles. The van der Waals surface area contributed by atoms with E-state index in [0.29, 0.717) is 54.5 Å². The normalized spacial score (nSPS) is 12.9. The van der Waals surface area contributed by atoms with Gasteiger partial charge in [0.15, 0.2) is 0 Å². The second kappa shape index (κ2) is 12.0. The Morgan fingerprint density at radius 2 is 1.76 bits per heavy atom. The maximum absolute atomic E-state index is 13.2. The van der Waals surface area contributed by atoms with Crippen LogP contribution in [0.2, 0.25) is 0 Å². The van der Waals surface area contributed by atoms with Crippen LogP contribution in [0.5, 0.6) is 0 Å². The average Bonchev–Trinajstić information content (AvgIpc) is 3.01. The predicted molar refractivity (Wildman–Crippen MR) is 158 cm³/mol. The fourth-order valence-electron chi connectivity index (χ4n) is 4.71. The molecule has 1 aliphatic heterocycles. The first-order valence-electron chi connectivity index (χ1n) is 13.3. The van der Waals surface area contributed by atoms with Crippen LogP contribution in [0.15, 0.2) is 72.9 Å². The zero-order valence-corrected chi connectivity index (χ0v) is 23.2. The number of carbonyl (C=O) groups is 2. The summed E-state index contributed by atoms with van der Waals surface area (Å²) in [7, 11) is 1.70. The van der Waals surface area contributed by atoms with E-state index in [2.05, 4.69) is 26.3 Å². The number of anilines is 3. The third-order valence-corrected chi connectivity index (χ3v) is 6.99. The highest BCUT2D eigenvalue weighted by Gasteiger charge is 2.18. The van der Waals surface area contributed by atoms with Gasteiger partial charge in [-0.15, -0.1) is 0 Å². The number of pyridine rings is 2. The van der Waals surface area contributed by atoms with Crippen molar-refractivity contribution in [1.82, 2.24) is 9.97 Å². The highest BCUT2D eigenvalue weighted by Crippen LogP contribution is 2.27. The van der Waals surface area contributed by atoms with Crippen LogP contribution in [0.3, 0.4) is 0 Å². The lowest BCUT2D eigenvalue weighted by Crippen LogP contribution is -2.36. The van der Waals surface area contributed by atoms with E-state index < -0.39 is 0 Å². The Bertz CT molecular complexity index is 1640. The van der Waals surface area contributed by atoms with Crippen molar-refractivity contribution < 1.29 is 14.3 Å². The number of rotatable bonds is 6. The first-order valence-corrected chi connectivity index (χ1v) is 13.3. The van der Waals surface area contributed by atoms with Crippen LogP contribution < -0.4 is 15.1 Å². The number of aromatic nitrogens is 2. The Hall–Kier alpha value is -5.07. The molecule has 0 radical (unpaired) electrons. The first-order chi connectivity index (χ1) is 19.8. The van der Waals surface area contributed by atoms with Gasteiger partial charge in [0.2, 0.25) is 0 Å². The van der Waals surface area contributed by atoms with E-state index in [1.165, 1.54) is 4.90 Å². The molecule has 0 atom stereocenters. The van der Waals surface area contributed by atoms with Gasteiger partial charge in [0.25, 0.3) is 11.8 Å². The second-order valence-corrected chi connectivity index (χ2v) is 9.87. The number of hydrogen-bond donors (Lipinski definition) is 1. The monoisotopic (exact) mass is 546 g/mol. The number of carbonyl (C=O) groups excluding carboxylic acids is 2. The quantitative estimate of drug-likeness (QED) is 0.362. The first kappa shape index (κ1) is 27.5. The van der Waals surface area contributed by atoms with Gasteiger partial charge in [-0.3, -0.25) is 19.5 Å². The molecule has 0 bridgehead atoms. The van der Waals surface area contributed by atoms with Crippen LogP contribution >= 0.6 is 0 Å². The summed E-state index contributed by atoms with van der Waals surface area (Å²) in [5.41, 5.74) is 5.99. The molecule has 0 unspecified atom stereocenters. The highest BCUT2D eigenvalue weighted by molar-refractivity contribution is 6.06. The predicted octanol–water partition coefficient (Wildman–Crippen LogP) is 5.00. The molecule has 41 heavy (non-hydrogen) atoms. The standard InChI is InChI=1S/C32H30N6O3/c1-21-5-4-6-30(35-21)37(3)32(40)25-9-7-24(8-10-25)29-18-27(20-34-22(29)2)36-31(39)26-15-23(19-33)16-28(17-26)38-11-13-41-14-12-38/h4-10,15-18,20H,11-14H2,1-3H3,(H,36,39). The minimum absolute atomic E-state index is 0.165. The Labute approximate surface area is 239 Å². The zero-order valence-electron chi connectivity index (χ0n) is 23.2. The number of aryl methyl sites for hydroxylation is 2. The van der Waals surface area contributed by atoms with Crippen LogP contribution in [0.4, 0.5) is 17.2 Å². The average molecular weight is 547 g/mol. The third kappa shape index (κ3) is 6.24. The molecular weight excluding hydrogens is 516 g/mol. The Kier molecular flexibility index (Phi) is 8.04. The molecule has 2 amide bonds. The van der Waals surface area contributed by atoms with E-state index in [1.807, 2.05) is 44.2 Å². The van der Waals surface area contributed by atoms with Crippen molar-refractivity contribution in [2.24, 2.45) is 0 Å². The number of nitriles is 1. The maximum atomic E-state index is 13.2. The van der Waals surface area contributed by atoms with Crippen molar-refractivity contribution in [2.75, 3.05) is 48.5 Å². The Morgan fingerprint density at radius 1 is 1.00 bits per heavy atom. The smallest absolute Gasteiger partial charge is 0.259 e. The van der Waals surface area contributed by atoms with Crippen LogP contribution in [0.1, 0.15) is 37.7 Å². The van der Waals surface area contributed by atoms with Crippen LogP contribution in [-0.4, -0.2) is 55.1 Å². The van der Waals surface area contributed by atoms with E-state index in [4.69, 9.17) is 4.74 Å². The van der Waals surface area contributed by atoms with E-state index >= 15 is 0 Å². The van der Waals surface area contributed by atoms with Crippen molar-refractivity contribution in [1.29, 1.82) is 5.26 Å². The van der Waals surface area contributed by atoms with E-state index in [9.17, 15) is 14.9 Å². The van der Waals surface area contributed by atoms with Gasteiger partial charge in [0, 0.05) is 53.9 Å². The maximum Gasteiger partial charge on any atom is 0.259 e. The summed E-state index contributed by atoms with van der Waals surface area (Å²) in [5.74, 6) is 0.0865. The lowest BCUT2D eigenvalue weighted by molar-refractivity contribution is 0.0990. The molecule has 1 saturated heterocycles. The zero-order chi connectivity index (χ0) is 28.9. The molecule has 2 aromatic heterocycles. The summed E-state index contributed by atoms with van der Waals surface area (Å²) in [5, 5.41) is 12.5. The number of morpholine rings is 1. The largest absolute Gasteiger partial charge is 0.378 e.